The summed E-state index contributed by atoms with van der Waals surface area (Å²) in [7, 11) is -1.89. The number of nitrogens with zero attached hydrogens (tertiary/aromatic N) is 1. The van der Waals surface area contributed by atoms with E-state index in [9.17, 15) is 13.2 Å². The van der Waals surface area contributed by atoms with Crippen LogP contribution in [-0.2, 0) is 9.84 Å². The Hall–Kier alpha value is -3.88. The molecule has 9 heteroatoms. The molecule has 0 unspecified atom stereocenters. The van der Waals surface area contributed by atoms with Crippen molar-refractivity contribution in [3.8, 4) is 11.1 Å². The highest BCUT2D eigenvalue weighted by Crippen LogP contribution is 2.33. The molecule has 0 aliphatic heterocycles. The SMILES string of the molecule is CNC(=O)c1ccc(-c2ccc(Nc3cc(Nc4ccccc4S(=O)(=O)C(C)C)c(Cl)cn3)cc2C)cc1. The van der Waals surface area contributed by atoms with E-state index in [-0.39, 0.29) is 10.8 Å². The van der Waals surface area contributed by atoms with E-state index >= 15 is 0 Å². The summed E-state index contributed by atoms with van der Waals surface area (Å²) in [5.41, 5.74) is 5.51. The average molecular weight is 549 g/mol. The summed E-state index contributed by atoms with van der Waals surface area (Å²) < 4.78 is 25.7. The molecule has 1 heterocycles. The van der Waals surface area contributed by atoms with Crippen molar-refractivity contribution in [1.82, 2.24) is 10.3 Å². The van der Waals surface area contributed by atoms with Crippen molar-refractivity contribution in [2.45, 2.75) is 30.9 Å². The summed E-state index contributed by atoms with van der Waals surface area (Å²) in [6.45, 7) is 5.32. The number of rotatable bonds is 8. The van der Waals surface area contributed by atoms with Crippen LogP contribution in [-0.4, -0.2) is 31.6 Å². The molecule has 7 nitrogen and oxygen atoms in total. The second-order valence-corrected chi connectivity index (χ2v) is 12.0. The van der Waals surface area contributed by atoms with E-state index in [1.165, 1.54) is 6.20 Å². The fourth-order valence-corrected chi connectivity index (χ4v) is 5.33. The van der Waals surface area contributed by atoms with Crippen molar-refractivity contribution < 1.29 is 13.2 Å². The maximum atomic E-state index is 12.8. The molecular formula is C29H29ClN4O3S. The van der Waals surface area contributed by atoms with Gasteiger partial charge in [-0.3, -0.25) is 4.79 Å². The zero-order chi connectivity index (χ0) is 27.4. The fourth-order valence-electron chi connectivity index (χ4n) is 3.98. The van der Waals surface area contributed by atoms with Gasteiger partial charge in [0.2, 0.25) is 0 Å². The number of para-hydroxylation sites is 1. The Bertz CT molecular complexity index is 1590. The van der Waals surface area contributed by atoms with Crippen LogP contribution in [0.2, 0.25) is 5.02 Å². The van der Waals surface area contributed by atoms with Gasteiger partial charge in [0.1, 0.15) is 5.82 Å². The minimum atomic E-state index is -3.50. The van der Waals surface area contributed by atoms with Crippen molar-refractivity contribution >= 4 is 50.2 Å². The second kappa shape index (κ2) is 11.2. The lowest BCUT2D eigenvalue weighted by Gasteiger charge is -2.16. The molecule has 3 N–H and O–H groups in total. The van der Waals surface area contributed by atoms with Crippen LogP contribution in [0.15, 0.2) is 83.9 Å². The summed E-state index contributed by atoms with van der Waals surface area (Å²) in [5, 5.41) is 8.88. The van der Waals surface area contributed by atoms with Crippen LogP contribution in [0.4, 0.5) is 22.9 Å². The topological polar surface area (TPSA) is 100 Å². The summed E-state index contributed by atoms with van der Waals surface area (Å²) in [5.74, 6) is 0.422. The quantitative estimate of drug-likeness (QED) is 0.225. The highest BCUT2D eigenvalue weighted by Gasteiger charge is 2.23. The van der Waals surface area contributed by atoms with Crippen molar-refractivity contribution in [3.63, 3.8) is 0 Å². The minimum absolute atomic E-state index is 0.123. The predicted molar refractivity (Wildman–Crippen MR) is 155 cm³/mol. The zero-order valence-electron chi connectivity index (χ0n) is 21.5. The molecule has 3 aromatic carbocycles. The summed E-state index contributed by atoms with van der Waals surface area (Å²) >= 11 is 6.40. The smallest absolute Gasteiger partial charge is 0.251 e. The van der Waals surface area contributed by atoms with Gasteiger partial charge < -0.3 is 16.0 Å². The molecule has 38 heavy (non-hydrogen) atoms. The number of carbonyl (C=O) groups excluding carboxylic acids is 1. The molecule has 0 fully saturated rings. The highest BCUT2D eigenvalue weighted by atomic mass is 35.5. The van der Waals surface area contributed by atoms with Gasteiger partial charge >= 0.3 is 0 Å². The maximum Gasteiger partial charge on any atom is 0.251 e. The Labute approximate surface area is 228 Å². The monoisotopic (exact) mass is 548 g/mol. The Morgan fingerprint density at radius 3 is 2.29 bits per heavy atom. The van der Waals surface area contributed by atoms with Gasteiger partial charge in [-0.2, -0.15) is 0 Å². The first-order valence-electron chi connectivity index (χ1n) is 12.1. The van der Waals surface area contributed by atoms with Crippen LogP contribution >= 0.6 is 11.6 Å². The number of sulfone groups is 1. The lowest BCUT2D eigenvalue weighted by atomic mass is 9.99. The van der Waals surface area contributed by atoms with Gasteiger partial charge in [-0.05, 0) is 73.9 Å². The number of nitrogens with one attached hydrogen (secondary N) is 3. The Balaban J connectivity index is 1.57. The lowest BCUT2D eigenvalue weighted by molar-refractivity contribution is 0.0963. The molecule has 4 aromatic rings. The number of amides is 1. The molecule has 0 aliphatic carbocycles. The van der Waals surface area contributed by atoms with Crippen LogP contribution in [0, 0.1) is 6.92 Å². The van der Waals surface area contributed by atoms with Crippen molar-refractivity contribution in [3.05, 3.63) is 95.1 Å². The summed E-state index contributed by atoms with van der Waals surface area (Å²) in [6.07, 6.45) is 1.51. The number of halogens is 1. The minimum Gasteiger partial charge on any atom is -0.355 e. The van der Waals surface area contributed by atoms with E-state index in [0.717, 1.165) is 22.4 Å². The Morgan fingerprint density at radius 1 is 0.921 bits per heavy atom. The van der Waals surface area contributed by atoms with E-state index in [1.807, 2.05) is 37.3 Å². The first-order valence-corrected chi connectivity index (χ1v) is 14.0. The zero-order valence-corrected chi connectivity index (χ0v) is 23.1. The standard InChI is InChI=1S/C29H29ClN4O3S/c1-18(2)38(36,37)27-8-6-5-7-25(27)34-26-16-28(32-17-24(26)30)33-22-13-14-23(19(3)15-22)20-9-11-21(12-10-20)29(35)31-4/h5-18H,1-4H3,(H,31,35)(H2,32,33,34). The number of hydrogen-bond donors (Lipinski definition) is 3. The molecule has 0 saturated heterocycles. The van der Waals surface area contributed by atoms with Gasteiger partial charge in [0.05, 0.1) is 32.7 Å². The number of pyridine rings is 1. The molecule has 196 valence electrons. The fraction of sp³-hybridized carbons (Fsp3) is 0.172. The second-order valence-electron chi connectivity index (χ2n) is 9.08. The Kier molecular flexibility index (Phi) is 8.04. The van der Waals surface area contributed by atoms with Gasteiger partial charge in [0.25, 0.3) is 5.91 Å². The van der Waals surface area contributed by atoms with Crippen molar-refractivity contribution in [2.75, 3.05) is 17.7 Å². The normalized spacial score (nSPS) is 11.3. The molecule has 0 atom stereocenters. The third kappa shape index (κ3) is 5.82. The first-order chi connectivity index (χ1) is 18.1. The number of aromatic nitrogens is 1. The van der Waals surface area contributed by atoms with Crippen molar-refractivity contribution in [1.29, 1.82) is 0 Å². The number of hydrogen-bond acceptors (Lipinski definition) is 6. The average Bonchev–Trinajstić information content (AvgIpc) is 2.90. The number of aryl methyl sites for hydroxylation is 1. The van der Waals surface area contributed by atoms with Gasteiger partial charge in [-0.15, -0.1) is 0 Å². The van der Waals surface area contributed by atoms with Gasteiger partial charge in [0, 0.05) is 24.4 Å². The number of anilines is 4. The van der Waals surface area contributed by atoms with Gasteiger partial charge in [-0.25, -0.2) is 13.4 Å². The molecule has 1 aromatic heterocycles. The largest absolute Gasteiger partial charge is 0.355 e. The van der Waals surface area contributed by atoms with E-state index in [1.54, 1.807) is 63.4 Å². The molecule has 0 spiro atoms. The summed E-state index contributed by atoms with van der Waals surface area (Å²) in [6, 6.07) is 21.9. The van der Waals surface area contributed by atoms with E-state index in [2.05, 4.69) is 20.9 Å². The third-order valence-electron chi connectivity index (χ3n) is 6.12. The van der Waals surface area contributed by atoms with Crippen LogP contribution < -0.4 is 16.0 Å². The molecule has 0 bridgehead atoms. The molecule has 4 rings (SSSR count). The van der Waals surface area contributed by atoms with E-state index < -0.39 is 15.1 Å². The third-order valence-corrected chi connectivity index (χ3v) is 8.63. The van der Waals surface area contributed by atoms with Crippen molar-refractivity contribution in [2.24, 2.45) is 0 Å². The Morgan fingerprint density at radius 2 is 1.63 bits per heavy atom. The number of carbonyl (C=O) groups is 1. The van der Waals surface area contributed by atoms with E-state index in [4.69, 9.17) is 11.6 Å². The van der Waals surface area contributed by atoms with Crippen LogP contribution in [0.5, 0.6) is 0 Å². The lowest BCUT2D eigenvalue weighted by Crippen LogP contribution is -2.17. The van der Waals surface area contributed by atoms with Gasteiger partial charge in [-0.1, -0.05) is 41.9 Å². The number of benzene rings is 3. The molecule has 0 radical (unpaired) electrons. The summed E-state index contributed by atoms with van der Waals surface area (Å²) in [4.78, 5) is 16.4. The molecule has 1 amide bonds. The van der Waals surface area contributed by atoms with E-state index in [0.29, 0.717) is 27.8 Å². The molecule has 0 saturated carbocycles. The highest BCUT2D eigenvalue weighted by molar-refractivity contribution is 7.92. The van der Waals surface area contributed by atoms with Crippen LogP contribution in [0.25, 0.3) is 11.1 Å². The van der Waals surface area contributed by atoms with Crippen LogP contribution in [0.3, 0.4) is 0 Å². The van der Waals surface area contributed by atoms with Gasteiger partial charge in [0.15, 0.2) is 9.84 Å². The molecule has 0 aliphatic rings. The van der Waals surface area contributed by atoms with Crippen LogP contribution in [0.1, 0.15) is 29.8 Å². The molecular weight excluding hydrogens is 520 g/mol. The first kappa shape index (κ1) is 27.2. The predicted octanol–water partition coefficient (Wildman–Crippen LogP) is 6.74. The maximum absolute atomic E-state index is 12.8.